The van der Waals surface area contributed by atoms with Gasteiger partial charge in [0.15, 0.2) is 0 Å². The summed E-state index contributed by atoms with van der Waals surface area (Å²) in [6.45, 7) is 0.588. The number of carboxylic acids is 1. The van der Waals surface area contributed by atoms with Gasteiger partial charge in [0.05, 0.1) is 0 Å². The molecular weight excluding hydrogens is 444 g/mol. The molecular formula is C28H32N2O5. The van der Waals surface area contributed by atoms with Crippen LogP contribution in [-0.2, 0) is 14.3 Å². The lowest BCUT2D eigenvalue weighted by Gasteiger charge is -2.26. The summed E-state index contributed by atoms with van der Waals surface area (Å²) < 4.78 is 5.62. The number of hydrogen-bond donors (Lipinski definition) is 3. The highest BCUT2D eigenvalue weighted by atomic mass is 16.5. The Morgan fingerprint density at radius 1 is 0.971 bits per heavy atom. The summed E-state index contributed by atoms with van der Waals surface area (Å²) in [5.41, 5.74) is 3.55. The van der Waals surface area contributed by atoms with Crippen LogP contribution in [-0.4, -0.2) is 41.8 Å². The Morgan fingerprint density at radius 3 is 2.14 bits per heavy atom. The third-order valence-electron chi connectivity index (χ3n) is 7.83. The maximum Gasteiger partial charge on any atom is 0.407 e. The largest absolute Gasteiger partial charge is 0.480 e. The van der Waals surface area contributed by atoms with Gasteiger partial charge in [-0.1, -0.05) is 61.4 Å². The predicted molar refractivity (Wildman–Crippen MR) is 131 cm³/mol. The molecule has 3 N–H and O–H groups in total. The highest BCUT2D eigenvalue weighted by molar-refractivity contribution is 5.87. The second kappa shape index (κ2) is 9.72. The molecule has 0 radical (unpaired) electrons. The Morgan fingerprint density at radius 2 is 1.57 bits per heavy atom. The highest BCUT2D eigenvalue weighted by Gasteiger charge is 2.43. The Hall–Kier alpha value is -3.35. The molecule has 35 heavy (non-hydrogen) atoms. The van der Waals surface area contributed by atoms with Crippen molar-refractivity contribution < 1.29 is 24.2 Å². The van der Waals surface area contributed by atoms with Gasteiger partial charge in [0.25, 0.3) is 0 Å². The summed E-state index contributed by atoms with van der Waals surface area (Å²) in [6.07, 6.45) is 4.33. The second-order valence-corrected chi connectivity index (χ2v) is 10.2. The molecule has 2 amide bonds. The number of nitrogens with one attached hydrogen (secondary N) is 2. The van der Waals surface area contributed by atoms with Gasteiger partial charge in [-0.05, 0) is 59.8 Å². The Kier molecular flexibility index (Phi) is 6.50. The number of carbonyl (C=O) groups is 3. The normalized spacial score (nSPS) is 18.9. The summed E-state index contributed by atoms with van der Waals surface area (Å²) in [6, 6.07) is 16.4. The van der Waals surface area contributed by atoms with Crippen LogP contribution in [0, 0.1) is 11.8 Å². The van der Waals surface area contributed by atoms with Gasteiger partial charge >= 0.3 is 12.1 Å². The molecule has 3 aliphatic rings. The van der Waals surface area contributed by atoms with E-state index in [1.807, 2.05) is 24.3 Å². The van der Waals surface area contributed by atoms with Crippen molar-refractivity contribution in [1.29, 1.82) is 0 Å². The van der Waals surface area contributed by atoms with Crippen molar-refractivity contribution in [2.45, 2.75) is 56.4 Å². The van der Waals surface area contributed by atoms with E-state index in [1.165, 1.54) is 11.1 Å². The van der Waals surface area contributed by atoms with Crippen molar-refractivity contribution in [3.63, 3.8) is 0 Å². The van der Waals surface area contributed by atoms with E-state index >= 15 is 0 Å². The molecule has 0 aromatic heterocycles. The first-order valence-corrected chi connectivity index (χ1v) is 12.6. The number of alkyl carbamates (subject to hydrolysis) is 1. The van der Waals surface area contributed by atoms with E-state index in [4.69, 9.17) is 4.74 Å². The molecule has 2 aromatic carbocycles. The molecule has 3 aliphatic carbocycles. The van der Waals surface area contributed by atoms with Crippen molar-refractivity contribution in [3.8, 4) is 11.1 Å². The molecule has 0 saturated heterocycles. The number of aliphatic carboxylic acids is 1. The Balaban J connectivity index is 1.15. The third kappa shape index (κ3) is 4.90. The van der Waals surface area contributed by atoms with Gasteiger partial charge in [0, 0.05) is 18.9 Å². The number of carboxylic acid groups (broad SMARTS) is 1. The minimum atomic E-state index is -1.13. The number of fused-ring (bicyclic) bond motifs is 3. The van der Waals surface area contributed by atoms with Crippen LogP contribution in [0.25, 0.3) is 11.1 Å². The maximum atomic E-state index is 12.7. The fourth-order valence-electron chi connectivity index (χ4n) is 5.76. The van der Waals surface area contributed by atoms with Gasteiger partial charge in [0.1, 0.15) is 12.1 Å². The number of ether oxygens (including phenoxy) is 1. The zero-order valence-electron chi connectivity index (χ0n) is 19.8. The molecule has 0 aliphatic heterocycles. The molecule has 5 rings (SSSR count). The van der Waals surface area contributed by atoms with Gasteiger partial charge in [-0.15, -0.1) is 0 Å². The smallest absolute Gasteiger partial charge is 0.407 e. The van der Waals surface area contributed by atoms with Gasteiger partial charge < -0.3 is 20.5 Å². The van der Waals surface area contributed by atoms with Crippen LogP contribution in [0.1, 0.15) is 62.0 Å². The Labute approximate surface area is 205 Å². The maximum absolute atomic E-state index is 12.7. The number of amides is 2. The summed E-state index contributed by atoms with van der Waals surface area (Å²) in [7, 11) is 0. The van der Waals surface area contributed by atoms with Crippen LogP contribution < -0.4 is 10.6 Å². The molecule has 184 valence electrons. The monoisotopic (exact) mass is 476 g/mol. The van der Waals surface area contributed by atoms with E-state index < -0.39 is 17.6 Å². The first kappa shape index (κ1) is 23.4. The lowest BCUT2D eigenvalue weighted by atomic mass is 9.95. The zero-order chi connectivity index (χ0) is 24.4. The highest BCUT2D eigenvalue weighted by Crippen LogP contribution is 2.44. The molecule has 0 spiro atoms. The lowest BCUT2D eigenvalue weighted by molar-refractivity contribution is -0.147. The van der Waals surface area contributed by atoms with Crippen molar-refractivity contribution in [2.24, 2.45) is 11.8 Å². The van der Waals surface area contributed by atoms with E-state index in [0.717, 1.165) is 36.8 Å². The van der Waals surface area contributed by atoms with Crippen molar-refractivity contribution in [2.75, 3.05) is 13.2 Å². The van der Waals surface area contributed by atoms with Crippen molar-refractivity contribution in [1.82, 2.24) is 10.6 Å². The first-order valence-electron chi connectivity index (χ1n) is 12.6. The summed E-state index contributed by atoms with van der Waals surface area (Å²) in [4.78, 5) is 37.0. The fraction of sp³-hybridized carbons (Fsp3) is 0.464. The molecule has 1 atom stereocenters. The Bertz CT molecular complexity index is 1070. The fourth-order valence-corrected chi connectivity index (χ4v) is 5.76. The summed E-state index contributed by atoms with van der Waals surface area (Å²) in [5, 5.41) is 15.3. The van der Waals surface area contributed by atoms with E-state index in [9.17, 15) is 19.5 Å². The van der Waals surface area contributed by atoms with Crippen LogP contribution in [0.4, 0.5) is 4.79 Å². The number of benzene rings is 2. The van der Waals surface area contributed by atoms with Crippen molar-refractivity contribution in [3.05, 3.63) is 59.7 Å². The van der Waals surface area contributed by atoms with E-state index in [0.29, 0.717) is 25.3 Å². The SMILES string of the molecule is O=C(CC(CNC(=O)OCC1c2ccccc2-c2ccccc21)C1CC1)NC1(C(=O)O)CCCC1. The molecule has 2 fully saturated rings. The van der Waals surface area contributed by atoms with Crippen LogP contribution in [0.15, 0.2) is 48.5 Å². The molecule has 7 heteroatoms. The van der Waals surface area contributed by atoms with E-state index in [1.54, 1.807) is 0 Å². The minimum absolute atomic E-state index is 0.00298. The number of rotatable bonds is 9. The summed E-state index contributed by atoms with van der Waals surface area (Å²) >= 11 is 0. The van der Waals surface area contributed by atoms with Crippen LogP contribution in [0.2, 0.25) is 0 Å². The zero-order valence-corrected chi connectivity index (χ0v) is 19.8. The second-order valence-electron chi connectivity index (χ2n) is 10.2. The first-order chi connectivity index (χ1) is 17.0. The van der Waals surface area contributed by atoms with Gasteiger partial charge in [0.2, 0.25) is 5.91 Å². The molecule has 2 saturated carbocycles. The van der Waals surface area contributed by atoms with Gasteiger partial charge in [-0.25, -0.2) is 9.59 Å². The lowest BCUT2D eigenvalue weighted by Crippen LogP contribution is -2.53. The van der Waals surface area contributed by atoms with Crippen LogP contribution >= 0.6 is 0 Å². The number of carbonyl (C=O) groups excluding carboxylic acids is 2. The quantitative estimate of drug-likeness (QED) is 0.496. The molecule has 1 unspecified atom stereocenters. The standard InChI is InChI=1S/C28H32N2O5/c31-25(30-28(26(32)33)13-5-6-14-28)15-19(18-11-12-18)16-29-27(34)35-17-24-22-9-3-1-7-20(22)21-8-2-4-10-23(21)24/h1-4,7-10,18-19,24H,5-6,11-17H2,(H,29,34)(H,30,31)(H,32,33). The van der Waals surface area contributed by atoms with Crippen LogP contribution in [0.3, 0.4) is 0 Å². The van der Waals surface area contributed by atoms with E-state index in [2.05, 4.69) is 34.9 Å². The van der Waals surface area contributed by atoms with Crippen LogP contribution in [0.5, 0.6) is 0 Å². The molecule has 0 heterocycles. The van der Waals surface area contributed by atoms with Crippen molar-refractivity contribution >= 4 is 18.0 Å². The summed E-state index contributed by atoms with van der Waals surface area (Å²) in [5.74, 6) is -0.859. The average molecular weight is 477 g/mol. The number of hydrogen-bond acceptors (Lipinski definition) is 4. The average Bonchev–Trinajstić information content (AvgIpc) is 3.51. The van der Waals surface area contributed by atoms with Gasteiger partial charge in [-0.3, -0.25) is 4.79 Å². The minimum Gasteiger partial charge on any atom is -0.480 e. The predicted octanol–water partition coefficient (Wildman–Crippen LogP) is 4.46. The van der Waals surface area contributed by atoms with E-state index in [-0.39, 0.29) is 30.8 Å². The molecule has 7 nitrogen and oxygen atoms in total. The topological polar surface area (TPSA) is 105 Å². The molecule has 2 aromatic rings. The molecule has 0 bridgehead atoms. The van der Waals surface area contributed by atoms with Gasteiger partial charge in [-0.2, -0.15) is 0 Å². The third-order valence-corrected chi connectivity index (χ3v) is 7.83.